The van der Waals surface area contributed by atoms with Gasteiger partial charge in [0.1, 0.15) is 0 Å². The molecule has 2 N–H and O–H groups in total. The Hall–Kier alpha value is -0.260. The van der Waals surface area contributed by atoms with Crippen LogP contribution in [0.25, 0.3) is 0 Å². The first-order valence-electron chi connectivity index (χ1n) is 5.84. The van der Waals surface area contributed by atoms with E-state index in [2.05, 4.69) is 48.5 Å². The summed E-state index contributed by atoms with van der Waals surface area (Å²) in [6.07, 6.45) is 5.27. The Bertz CT molecular complexity index is 200. The zero-order valence-electron chi connectivity index (χ0n) is 10.9. The summed E-state index contributed by atoms with van der Waals surface area (Å²) in [5, 5.41) is 6.53. The third-order valence-corrected chi connectivity index (χ3v) is 1.80. The number of aliphatic imine (C=N–C) groups is 1. The van der Waals surface area contributed by atoms with Gasteiger partial charge in [-0.15, -0.1) is 24.0 Å². The van der Waals surface area contributed by atoms with Crippen LogP contribution in [0.3, 0.4) is 0 Å². The van der Waals surface area contributed by atoms with E-state index >= 15 is 0 Å². The van der Waals surface area contributed by atoms with Gasteiger partial charge in [-0.1, -0.05) is 26.0 Å². The van der Waals surface area contributed by atoms with Crippen molar-refractivity contribution in [1.29, 1.82) is 0 Å². The third-order valence-electron chi connectivity index (χ3n) is 1.80. The molecule has 0 saturated carbocycles. The predicted octanol–water partition coefficient (Wildman–Crippen LogP) is 2.78. The number of halogens is 1. The average Bonchev–Trinajstić information content (AvgIpc) is 2.20. The number of hydrogen-bond acceptors (Lipinski definition) is 1. The van der Waals surface area contributed by atoms with Crippen LogP contribution in [-0.4, -0.2) is 25.6 Å². The third kappa shape index (κ3) is 11.8. The molecule has 0 aliphatic heterocycles. The van der Waals surface area contributed by atoms with Gasteiger partial charge in [-0.2, -0.15) is 0 Å². The van der Waals surface area contributed by atoms with Crippen molar-refractivity contribution in [3.8, 4) is 0 Å². The fraction of sp³-hybridized carbons (Fsp3) is 0.750. The van der Waals surface area contributed by atoms with Crippen LogP contribution in [0.2, 0.25) is 0 Å². The number of nitrogens with zero attached hydrogens (tertiary/aromatic N) is 1. The molecule has 0 heterocycles. The zero-order valence-corrected chi connectivity index (χ0v) is 13.2. The fourth-order valence-electron chi connectivity index (χ4n) is 1.06. The Balaban J connectivity index is 0. The first-order valence-corrected chi connectivity index (χ1v) is 5.84. The first kappa shape index (κ1) is 18.1. The molecule has 0 aromatic carbocycles. The summed E-state index contributed by atoms with van der Waals surface area (Å²) in [5.74, 6) is 1.53. The lowest BCUT2D eigenvalue weighted by atomic mass is 10.2. The van der Waals surface area contributed by atoms with E-state index in [1.165, 1.54) is 0 Å². The minimum atomic E-state index is 0. The first-order chi connectivity index (χ1) is 7.20. The average molecular weight is 339 g/mol. The number of guanidine groups is 1. The molecule has 0 spiro atoms. The van der Waals surface area contributed by atoms with E-state index in [4.69, 9.17) is 0 Å². The summed E-state index contributed by atoms with van der Waals surface area (Å²) in [6, 6.07) is 0. The quantitative estimate of drug-likeness (QED) is 0.257. The van der Waals surface area contributed by atoms with Crippen molar-refractivity contribution in [1.82, 2.24) is 10.6 Å². The highest BCUT2D eigenvalue weighted by atomic mass is 127. The van der Waals surface area contributed by atoms with E-state index in [1.54, 1.807) is 0 Å². The van der Waals surface area contributed by atoms with Gasteiger partial charge in [0.25, 0.3) is 0 Å². The molecule has 0 rings (SSSR count). The van der Waals surface area contributed by atoms with Crippen LogP contribution in [0, 0.1) is 5.92 Å². The van der Waals surface area contributed by atoms with Gasteiger partial charge < -0.3 is 10.6 Å². The minimum Gasteiger partial charge on any atom is -0.357 e. The van der Waals surface area contributed by atoms with Crippen molar-refractivity contribution in [2.45, 2.75) is 34.1 Å². The van der Waals surface area contributed by atoms with Crippen LogP contribution in [-0.2, 0) is 0 Å². The van der Waals surface area contributed by atoms with Gasteiger partial charge in [0.15, 0.2) is 5.96 Å². The molecule has 3 nitrogen and oxygen atoms in total. The van der Waals surface area contributed by atoms with Gasteiger partial charge in [-0.25, -0.2) is 0 Å². The zero-order chi connectivity index (χ0) is 11.5. The lowest BCUT2D eigenvalue weighted by molar-refractivity contribution is 0.657. The summed E-state index contributed by atoms with van der Waals surface area (Å²) < 4.78 is 0. The van der Waals surface area contributed by atoms with Gasteiger partial charge in [0, 0.05) is 19.6 Å². The molecule has 4 heteroatoms. The maximum absolute atomic E-state index is 4.48. The molecule has 16 heavy (non-hydrogen) atoms. The summed E-state index contributed by atoms with van der Waals surface area (Å²) >= 11 is 0. The van der Waals surface area contributed by atoms with E-state index in [9.17, 15) is 0 Å². The molecular formula is C12H26IN3. The normalized spacial score (nSPS) is 11.7. The molecule has 0 radical (unpaired) electrons. The molecule has 0 aromatic heterocycles. The van der Waals surface area contributed by atoms with Crippen molar-refractivity contribution < 1.29 is 0 Å². The molecule has 96 valence electrons. The molecule has 0 aromatic rings. The summed E-state index contributed by atoms with van der Waals surface area (Å²) in [5.41, 5.74) is 0. The van der Waals surface area contributed by atoms with Gasteiger partial charge in [-0.05, 0) is 26.2 Å². The second-order valence-electron chi connectivity index (χ2n) is 3.90. The van der Waals surface area contributed by atoms with Gasteiger partial charge in [0.2, 0.25) is 0 Å². The number of rotatable bonds is 6. The van der Waals surface area contributed by atoms with Gasteiger partial charge in [0.05, 0.1) is 0 Å². The van der Waals surface area contributed by atoms with Gasteiger partial charge in [-0.3, -0.25) is 4.99 Å². The van der Waals surface area contributed by atoms with Crippen molar-refractivity contribution in [2.24, 2.45) is 10.9 Å². The van der Waals surface area contributed by atoms with Crippen LogP contribution >= 0.6 is 24.0 Å². The van der Waals surface area contributed by atoms with E-state index in [1.807, 2.05) is 6.92 Å². The molecule has 0 fully saturated rings. The fourth-order valence-corrected chi connectivity index (χ4v) is 1.06. The Morgan fingerprint density at radius 3 is 2.50 bits per heavy atom. The second kappa shape index (κ2) is 12.8. The molecule has 0 aliphatic rings. The van der Waals surface area contributed by atoms with Crippen LogP contribution in [0.4, 0.5) is 0 Å². The van der Waals surface area contributed by atoms with Crippen molar-refractivity contribution in [2.75, 3.05) is 19.6 Å². The Kier molecular flexibility index (Phi) is 14.5. The largest absolute Gasteiger partial charge is 0.357 e. The maximum atomic E-state index is 4.48. The predicted molar refractivity (Wildman–Crippen MR) is 83.7 cm³/mol. The highest BCUT2D eigenvalue weighted by Gasteiger charge is 1.96. The lowest BCUT2D eigenvalue weighted by Gasteiger charge is -2.10. The van der Waals surface area contributed by atoms with Crippen molar-refractivity contribution in [3.05, 3.63) is 12.2 Å². The molecule has 0 atom stereocenters. The maximum Gasteiger partial charge on any atom is 0.191 e. The topological polar surface area (TPSA) is 36.4 Å². The highest BCUT2D eigenvalue weighted by Crippen LogP contribution is 1.91. The van der Waals surface area contributed by atoms with E-state index < -0.39 is 0 Å². The summed E-state index contributed by atoms with van der Waals surface area (Å²) in [4.78, 5) is 4.48. The molecular weight excluding hydrogens is 313 g/mol. The molecule has 0 amide bonds. The Labute approximate surface area is 117 Å². The SMILES string of the molecule is C/C=C/CCNC(=NCC(C)C)NCC.I. The monoisotopic (exact) mass is 339 g/mol. The molecule has 0 aliphatic carbocycles. The molecule has 0 unspecified atom stereocenters. The Morgan fingerprint density at radius 1 is 1.31 bits per heavy atom. The lowest BCUT2D eigenvalue weighted by Crippen LogP contribution is -2.37. The van der Waals surface area contributed by atoms with Crippen molar-refractivity contribution >= 4 is 29.9 Å². The van der Waals surface area contributed by atoms with Crippen LogP contribution < -0.4 is 10.6 Å². The molecule has 0 saturated heterocycles. The van der Waals surface area contributed by atoms with Crippen LogP contribution in [0.1, 0.15) is 34.1 Å². The summed E-state index contributed by atoms with van der Waals surface area (Å²) in [6.45, 7) is 11.2. The molecule has 0 bridgehead atoms. The van der Waals surface area contributed by atoms with Crippen molar-refractivity contribution in [3.63, 3.8) is 0 Å². The summed E-state index contributed by atoms with van der Waals surface area (Å²) in [7, 11) is 0. The van der Waals surface area contributed by atoms with E-state index in [0.29, 0.717) is 5.92 Å². The van der Waals surface area contributed by atoms with Gasteiger partial charge >= 0.3 is 0 Å². The second-order valence-corrected chi connectivity index (χ2v) is 3.90. The highest BCUT2D eigenvalue weighted by molar-refractivity contribution is 14.0. The number of nitrogens with one attached hydrogen (secondary N) is 2. The smallest absolute Gasteiger partial charge is 0.191 e. The van der Waals surface area contributed by atoms with Crippen LogP contribution in [0.5, 0.6) is 0 Å². The van der Waals surface area contributed by atoms with E-state index in [0.717, 1.165) is 32.0 Å². The van der Waals surface area contributed by atoms with Crippen LogP contribution in [0.15, 0.2) is 17.1 Å². The van der Waals surface area contributed by atoms with E-state index in [-0.39, 0.29) is 24.0 Å². The Morgan fingerprint density at radius 2 is 2.00 bits per heavy atom. The minimum absolute atomic E-state index is 0. The number of hydrogen-bond donors (Lipinski definition) is 2. The standard InChI is InChI=1S/C12H25N3.HI/c1-5-7-8-9-14-12(13-6-2)15-10-11(3)4;/h5,7,11H,6,8-10H2,1-4H3,(H2,13,14,15);1H/b7-5+;. The number of allylic oxidation sites excluding steroid dienone is 1.